The van der Waals surface area contributed by atoms with Crippen molar-refractivity contribution in [1.29, 1.82) is 0 Å². The molecule has 0 heterocycles. The van der Waals surface area contributed by atoms with Gasteiger partial charge in [0.1, 0.15) is 0 Å². The van der Waals surface area contributed by atoms with Gasteiger partial charge in [-0.15, -0.1) is 13.2 Å². The Morgan fingerprint density at radius 3 is 2.08 bits per heavy atom. The van der Waals surface area contributed by atoms with Gasteiger partial charge in [0, 0.05) is 0 Å². The van der Waals surface area contributed by atoms with Crippen LogP contribution in [0.5, 0.6) is 0 Å². The largest absolute Gasteiger partial charge is 0.573 e. The molecule has 0 aromatic carbocycles. The van der Waals surface area contributed by atoms with Crippen LogP contribution in [0.4, 0.5) is 13.2 Å². The highest BCUT2D eigenvalue weighted by Gasteiger charge is 2.29. The molecule has 72 valence electrons. The molecule has 0 aliphatic carbocycles. The number of hydrogen-bond donors (Lipinski definition) is 0. The van der Waals surface area contributed by atoms with Crippen molar-refractivity contribution in [3.63, 3.8) is 0 Å². The molecule has 1 unspecified atom stereocenters. The van der Waals surface area contributed by atoms with Gasteiger partial charge in [-0.1, -0.05) is 13.8 Å². The molecule has 0 amide bonds. The lowest BCUT2D eigenvalue weighted by atomic mass is 10.1. The van der Waals surface area contributed by atoms with Gasteiger partial charge in [-0.25, -0.2) is 0 Å². The number of rotatable bonds is 3. The van der Waals surface area contributed by atoms with E-state index in [2.05, 4.69) is 9.73 Å². The maximum absolute atomic E-state index is 11.4. The molecule has 2 nitrogen and oxygen atoms in total. The molecule has 0 aromatic rings. The zero-order valence-electron chi connectivity index (χ0n) is 7.22. The summed E-state index contributed by atoms with van der Waals surface area (Å²) in [6.07, 6.45) is -4.18. The number of hydrogen-bond acceptors (Lipinski definition) is 2. The molecule has 0 aliphatic heterocycles. The highest BCUT2D eigenvalue weighted by atomic mass is 19.4. The zero-order valence-corrected chi connectivity index (χ0v) is 7.22. The Kier molecular flexibility index (Phi) is 4.06. The fourth-order valence-electron chi connectivity index (χ4n) is 0.358. The Labute approximate surface area is 69.4 Å². The summed E-state index contributed by atoms with van der Waals surface area (Å²) in [5, 5.41) is 0. The van der Waals surface area contributed by atoms with Crippen LogP contribution in [0.3, 0.4) is 0 Å². The number of halogens is 3. The number of aliphatic imine (C=N–C) groups is 1. The summed E-state index contributed by atoms with van der Waals surface area (Å²) < 4.78 is 37.5. The van der Waals surface area contributed by atoms with E-state index in [1.165, 1.54) is 0 Å². The van der Waals surface area contributed by atoms with Crippen LogP contribution in [-0.2, 0) is 4.74 Å². The third kappa shape index (κ3) is 6.00. The van der Waals surface area contributed by atoms with Gasteiger partial charge in [0.05, 0.1) is 6.04 Å². The second-order valence-corrected chi connectivity index (χ2v) is 2.80. The van der Waals surface area contributed by atoms with E-state index in [1.807, 2.05) is 13.8 Å². The molecule has 0 spiro atoms. The highest BCUT2D eigenvalue weighted by Crippen LogP contribution is 2.14. The fourth-order valence-corrected chi connectivity index (χ4v) is 0.358. The van der Waals surface area contributed by atoms with E-state index in [9.17, 15) is 13.2 Å². The molecule has 12 heavy (non-hydrogen) atoms. The smallest absolute Gasteiger partial charge is 0.395 e. The van der Waals surface area contributed by atoms with Gasteiger partial charge in [-0.05, 0) is 12.8 Å². The minimum Gasteiger partial charge on any atom is -0.395 e. The molecule has 0 bridgehead atoms. The van der Waals surface area contributed by atoms with E-state index < -0.39 is 6.36 Å². The van der Waals surface area contributed by atoms with Gasteiger partial charge in [-0.3, -0.25) is 4.99 Å². The third-order valence-corrected chi connectivity index (χ3v) is 1.45. The van der Waals surface area contributed by atoms with Gasteiger partial charge < -0.3 is 4.74 Å². The Hall–Kier alpha value is -0.740. The molecular formula is C7H12F3NO. The first kappa shape index (κ1) is 11.3. The molecule has 0 N–H and O–H groups in total. The molecule has 0 radical (unpaired) electrons. The SMILES string of the molecule is CC(C)C(C)N=COC(F)(F)F. The van der Waals surface area contributed by atoms with Crippen LogP contribution in [0.15, 0.2) is 4.99 Å². The van der Waals surface area contributed by atoms with Crippen molar-refractivity contribution in [2.75, 3.05) is 0 Å². The van der Waals surface area contributed by atoms with Crippen molar-refractivity contribution >= 4 is 6.40 Å². The standard InChI is InChI=1S/C7H12F3NO/c1-5(2)6(3)11-4-12-7(8,9)10/h4-6H,1-3H3. The Bertz CT molecular complexity index is 153. The highest BCUT2D eigenvalue weighted by molar-refractivity contribution is 5.46. The second kappa shape index (κ2) is 4.33. The molecule has 0 rings (SSSR count). The summed E-state index contributed by atoms with van der Waals surface area (Å²) in [4.78, 5) is 3.54. The monoisotopic (exact) mass is 183 g/mol. The average molecular weight is 183 g/mol. The first-order valence-electron chi connectivity index (χ1n) is 3.59. The maximum atomic E-state index is 11.4. The topological polar surface area (TPSA) is 21.6 Å². The van der Waals surface area contributed by atoms with E-state index in [0.29, 0.717) is 6.40 Å². The molecule has 0 saturated heterocycles. The predicted octanol–water partition coefficient (Wildman–Crippen LogP) is 2.60. The molecule has 0 saturated carbocycles. The quantitative estimate of drug-likeness (QED) is 0.486. The van der Waals surface area contributed by atoms with Crippen LogP contribution in [0.1, 0.15) is 20.8 Å². The van der Waals surface area contributed by atoms with Crippen LogP contribution < -0.4 is 0 Å². The van der Waals surface area contributed by atoms with E-state index in [4.69, 9.17) is 0 Å². The van der Waals surface area contributed by atoms with E-state index in [0.717, 1.165) is 0 Å². The third-order valence-electron chi connectivity index (χ3n) is 1.45. The molecular weight excluding hydrogens is 171 g/mol. The van der Waals surface area contributed by atoms with Crippen LogP contribution in [0, 0.1) is 5.92 Å². The van der Waals surface area contributed by atoms with E-state index in [1.54, 1.807) is 6.92 Å². The number of alkyl halides is 3. The van der Waals surface area contributed by atoms with E-state index >= 15 is 0 Å². The van der Waals surface area contributed by atoms with Gasteiger partial charge in [0.25, 0.3) is 0 Å². The van der Waals surface area contributed by atoms with Gasteiger partial charge >= 0.3 is 6.36 Å². The number of nitrogens with zero attached hydrogens (tertiary/aromatic N) is 1. The van der Waals surface area contributed by atoms with E-state index in [-0.39, 0.29) is 12.0 Å². The van der Waals surface area contributed by atoms with Gasteiger partial charge in [0.2, 0.25) is 0 Å². The Morgan fingerprint density at radius 2 is 1.75 bits per heavy atom. The lowest BCUT2D eigenvalue weighted by Crippen LogP contribution is -2.14. The first-order chi connectivity index (χ1) is 5.33. The van der Waals surface area contributed by atoms with Crippen LogP contribution >= 0.6 is 0 Å². The van der Waals surface area contributed by atoms with Gasteiger partial charge in [0.15, 0.2) is 6.40 Å². The molecule has 0 aliphatic rings. The second-order valence-electron chi connectivity index (χ2n) is 2.80. The fraction of sp³-hybridized carbons (Fsp3) is 0.857. The summed E-state index contributed by atoms with van der Waals surface area (Å²) in [5.41, 5.74) is 0. The van der Waals surface area contributed by atoms with Crippen molar-refractivity contribution < 1.29 is 17.9 Å². The molecule has 0 aromatic heterocycles. The first-order valence-corrected chi connectivity index (χ1v) is 3.59. The minimum atomic E-state index is -4.62. The van der Waals surface area contributed by atoms with Crippen molar-refractivity contribution in [2.45, 2.75) is 33.2 Å². The van der Waals surface area contributed by atoms with Gasteiger partial charge in [-0.2, -0.15) is 0 Å². The number of ether oxygens (including phenoxy) is 1. The molecule has 1 atom stereocenters. The van der Waals surface area contributed by atoms with Crippen molar-refractivity contribution in [3.05, 3.63) is 0 Å². The van der Waals surface area contributed by atoms with Crippen LogP contribution in [0.2, 0.25) is 0 Å². The molecule has 5 heteroatoms. The van der Waals surface area contributed by atoms with Crippen LogP contribution in [0.25, 0.3) is 0 Å². The molecule has 0 fully saturated rings. The van der Waals surface area contributed by atoms with Crippen molar-refractivity contribution in [3.8, 4) is 0 Å². The normalized spacial score (nSPS) is 15.6. The maximum Gasteiger partial charge on any atom is 0.573 e. The summed E-state index contributed by atoms with van der Waals surface area (Å²) in [6, 6.07) is -0.160. The lowest BCUT2D eigenvalue weighted by molar-refractivity contribution is -0.280. The summed E-state index contributed by atoms with van der Waals surface area (Å²) in [5.74, 6) is 0.207. The summed E-state index contributed by atoms with van der Waals surface area (Å²) in [6.45, 7) is 5.46. The lowest BCUT2D eigenvalue weighted by Gasteiger charge is -2.09. The summed E-state index contributed by atoms with van der Waals surface area (Å²) in [7, 11) is 0. The minimum absolute atomic E-state index is 0.160. The van der Waals surface area contributed by atoms with Crippen molar-refractivity contribution in [1.82, 2.24) is 0 Å². The predicted molar refractivity (Wildman–Crippen MR) is 39.9 cm³/mol. The zero-order chi connectivity index (χ0) is 9.78. The average Bonchev–Trinajstić information content (AvgIpc) is 1.84. The van der Waals surface area contributed by atoms with Crippen LogP contribution in [-0.4, -0.2) is 18.8 Å². The van der Waals surface area contributed by atoms with Crippen molar-refractivity contribution in [2.24, 2.45) is 10.9 Å². The Morgan fingerprint density at radius 1 is 1.25 bits per heavy atom. The Balaban J connectivity index is 3.77. The summed E-state index contributed by atoms with van der Waals surface area (Å²) >= 11 is 0.